The molecule has 0 fully saturated rings. The van der Waals surface area contributed by atoms with E-state index in [1.54, 1.807) is 4.90 Å². The largest absolute Gasteiger partial charge is 0.348 e. The minimum Gasteiger partial charge on any atom is -0.348 e. The lowest BCUT2D eigenvalue weighted by Crippen LogP contribution is -2.48. The molecule has 4 rings (SSSR count). The first-order valence-electron chi connectivity index (χ1n) is 12.6. The first kappa shape index (κ1) is 24.8. The van der Waals surface area contributed by atoms with Gasteiger partial charge in [-0.2, -0.15) is 0 Å². The molecule has 184 valence electrons. The van der Waals surface area contributed by atoms with E-state index in [1.165, 1.54) is 5.56 Å². The summed E-state index contributed by atoms with van der Waals surface area (Å²) in [5.74, 6) is -0.0949. The number of hydrogen-bond donors (Lipinski definition) is 0. The highest BCUT2D eigenvalue weighted by molar-refractivity contribution is 5.97. The zero-order chi connectivity index (χ0) is 25.2. The third-order valence-corrected chi connectivity index (χ3v) is 6.93. The fourth-order valence-corrected chi connectivity index (χ4v) is 4.93. The number of carbonyl (C=O) groups excluding carboxylic acids is 2. The standard InChI is InChI=1S/C30H37N3O2/c1-6-17-32(29(35)25-11-8-7-10-22(25)2)21-27(34)33-20-19-31-18-9-12-26(31)28(33)23-13-15-24(16-14-23)30(3,4)5/h7-16,18,28H,6,17,19-21H2,1-5H3. The first-order chi connectivity index (χ1) is 16.7. The topological polar surface area (TPSA) is 45.6 Å². The number of rotatable bonds is 6. The van der Waals surface area contributed by atoms with Crippen LogP contribution in [0.4, 0.5) is 0 Å². The Morgan fingerprint density at radius 1 is 0.971 bits per heavy atom. The Hall–Kier alpha value is -3.34. The molecule has 3 aromatic rings. The Morgan fingerprint density at radius 2 is 1.69 bits per heavy atom. The molecule has 0 radical (unpaired) electrons. The first-order valence-corrected chi connectivity index (χ1v) is 12.6. The Kier molecular flexibility index (Phi) is 7.15. The molecule has 1 aliphatic heterocycles. The maximum Gasteiger partial charge on any atom is 0.254 e. The lowest BCUT2D eigenvalue weighted by atomic mass is 9.86. The Morgan fingerprint density at radius 3 is 2.34 bits per heavy atom. The summed E-state index contributed by atoms with van der Waals surface area (Å²) < 4.78 is 2.23. The average Bonchev–Trinajstić information content (AvgIpc) is 3.31. The van der Waals surface area contributed by atoms with Crippen molar-refractivity contribution in [3.05, 3.63) is 94.8 Å². The van der Waals surface area contributed by atoms with E-state index in [0.29, 0.717) is 18.7 Å². The van der Waals surface area contributed by atoms with Crippen molar-refractivity contribution < 1.29 is 9.59 Å². The van der Waals surface area contributed by atoms with Crippen molar-refractivity contribution in [3.63, 3.8) is 0 Å². The molecule has 0 saturated heterocycles. The van der Waals surface area contributed by atoms with Gasteiger partial charge in [0.25, 0.3) is 5.91 Å². The minimum absolute atomic E-state index is 0.0160. The molecule has 0 aliphatic carbocycles. The lowest BCUT2D eigenvalue weighted by molar-refractivity contribution is -0.134. The smallest absolute Gasteiger partial charge is 0.254 e. The van der Waals surface area contributed by atoms with E-state index in [-0.39, 0.29) is 29.8 Å². The number of nitrogens with zero attached hydrogens (tertiary/aromatic N) is 3. The van der Waals surface area contributed by atoms with E-state index in [2.05, 4.69) is 61.9 Å². The normalized spacial score (nSPS) is 15.6. The van der Waals surface area contributed by atoms with Crippen molar-refractivity contribution in [2.24, 2.45) is 0 Å². The third kappa shape index (κ3) is 5.19. The molecular formula is C30H37N3O2. The van der Waals surface area contributed by atoms with Crippen LogP contribution in [0, 0.1) is 6.92 Å². The molecular weight excluding hydrogens is 434 g/mol. The number of carbonyl (C=O) groups is 2. The van der Waals surface area contributed by atoms with Gasteiger partial charge in [-0.3, -0.25) is 9.59 Å². The van der Waals surface area contributed by atoms with Crippen LogP contribution < -0.4 is 0 Å². The van der Waals surface area contributed by atoms with Gasteiger partial charge in [-0.25, -0.2) is 0 Å². The van der Waals surface area contributed by atoms with Gasteiger partial charge in [-0.15, -0.1) is 0 Å². The fourth-order valence-electron chi connectivity index (χ4n) is 4.93. The van der Waals surface area contributed by atoms with Gasteiger partial charge in [0.15, 0.2) is 0 Å². The van der Waals surface area contributed by atoms with Crippen molar-refractivity contribution in [2.75, 3.05) is 19.6 Å². The number of aryl methyl sites for hydroxylation is 1. The molecule has 2 aromatic carbocycles. The summed E-state index contributed by atoms with van der Waals surface area (Å²) in [6, 6.07) is 20.2. The Bertz CT molecular complexity index is 1190. The van der Waals surface area contributed by atoms with Crippen LogP contribution in [0.2, 0.25) is 0 Å². The van der Waals surface area contributed by atoms with E-state index in [4.69, 9.17) is 0 Å². The molecule has 0 N–H and O–H groups in total. The van der Waals surface area contributed by atoms with Gasteiger partial charge in [-0.1, -0.05) is 70.2 Å². The van der Waals surface area contributed by atoms with Crippen LogP contribution in [0.25, 0.3) is 0 Å². The van der Waals surface area contributed by atoms with Gasteiger partial charge in [0.1, 0.15) is 6.54 Å². The quantitative estimate of drug-likeness (QED) is 0.471. The molecule has 2 heterocycles. The van der Waals surface area contributed by atoms with Crippen LogP contribution in [0.3, 0.4) is 0 Å². The summed E-state index contributed by atoms with van der Waals surface area (Å²) in [6.45, 7) is 12.6. The van der Waals surface area contributed by atoms with Crippen LogP contribution >= 0.6 is 0 Å². The summed E-state index contributed by atoms with van der Waals surface area (Å²) in [7, 11) is 0. The number of hydrogen-bond acceptors (Lipinski definition) is 2. The van der Waals surface area contributed by atoms with Crippen LogP contribution in [0.5, 0.6) is 0 Å². The molecule has 1 unspecified atom stereocenters. The van der Waals surface area contributed by atoms with Crippen molar-refractivity contribution >= 4 is 11.8 Å². The van der Waals surface area contributed by atoms with E-state index in [1.807, 2.05) is 49.1 Å². The number of fused-ring (bicyclic) bond motifs is 1. The molecule has 1 atom stereocenters. The molecule has 35 heavy (non-hydrogen) atoms. The van der Waals surface area contributed by atoms with E-state index < -0.39 is 0 Å². The van der Waals surface area contributed by atoms with Gasteiger partial charge in [0, 0.05) is 37.1 Å². The van der Waals surface area contributed by atoms with Crippen LogP contribution in [-0.2, 0) is 16.8 Å². The predicted molar refractivity (Wildman–Crippen MR) is 141 cm³/mol. The highest BCUT2D eigenvalue weighted by Gasteiger charge is 2.33. The predicted octanol–water partition coefficient (Wildman–Crippen LogP) is 5.58. The summed E-state index contributed by atoms with van der Waals surface area (Å²) >= 11 is 0. The molecule has 0 bridgehead atoms. The number of benzene rings is 2. The average molecular weight is 472 g/mol. The highest BCUT2D eigenvalue weighted by Crippen LogP contribution is 2.34. The minimum atomic E-state index is -0.169. The second-order valence-electron chi connectivity index (χ2n) is 10.5. The summed E-state index contributed by atoms with van der Waals surface area (Å²) in [5.41, 5.74) is 5.13. The molecule has 0 saturated carbocycles. The van der Waals surface area contributed by atoms with E-state index in [0.717, 1.165) is 29.8 Å². The second-order valence-corrected chi connectivity index (χ2v) is 10.5. The van der Waals surface area contributed by atoms with E-state index in [9.17, 15) is 9.59 Å². The van der Waals surface area contributed by atoms with Gasteiger partial charge >= 0.3 is 0 Å². The van der Waals surface area contributed by atoms with Gasteiger partial charge in [0.05, 0.1) is 6.04 Å². The van der Waals surface area contributed by atoms with Crippen molar-refractivity contribution in [2.45, 2.75) is 59.0 Å². The highest BCUT2D eigenvalue weighted by atomic mass is 16.2. The number of amides is 2. The zero-order valence-electron chi connectivity index (χ0n) is 21.6. The molecule has 1 aliphatic rings. The fraction of sp³-hybridized carbons (Fsp3) is 0.400. The Balaban J connectivity index is 1.63. The van der Waals surface area contributed by atoms with Crippen molar-refractivity contribution in [3.8, 4) is 0 Å². The van der Waals surface area contributed by atoms with E-state index >= 15 is 0 Å². The second kappa shape index (κ2) is 10.1. The van der Waals surface area contributed by atoms with Crippen molar-refractivity contribution in [1.82, 2.24) is 14.4 Å². The SMILES string of the molecule is CCCN(CC(=O)N1CCn2cccc2C1c1ccc(C(C)(C)C)cc1)C(=O)c1ccccc1C. The summed E-state index contributed by atoms with van der Waals surface area (Å²) in [4.78, 5) is 30.8. The van der Waals surface area contributed by atoms with Crippen LogP contribution in [0.1, 0.15) is 72.9 Å². The molecule has 0 spiro atoms. The van der Waals surface area contributed by atoms with Gasteiger partial charge in [-0.05, 0) is 53.6 Å². The van der Waals surface area contributed by atoms with Crippen LogP contribution in [0.15, 0.2) is 66.9 Å². The maximum absolute atomic E-state index is 13.8. The Labute approximate surface area is 209 Å². The summed E-state index contributed by atoms with van der Waals surface area (Å²) in [6.07, 6.45) is 2.88. The van der Waals surface area contributed by atoms with Crippen LogP contribution in [-0.4, -0.2) is 45.8 Å². The lowest BCUT2D eigenvalue weighted by Gasteiger charge is -2.38. The third-order valence-electron chi connectivity index (χ3n) is 6.93. The number of aromatic nitrogens is 1. The summed E-state index contributed by atoms with van der Waals surface area (Å²) in [5, 5.41) is 0. The monoisotopic (exact) mass is 471 g/mol. The van der Waals surface area contributed by atoms with Gasteiger partial charge < -0.3 is 14.4 Å². The molecule has 5 nitrogen and oxygen atoms in total. The van der Waals surface area contributed by atoms with Crippen molar-refractivity contribution in [1.29, 1.82) is 0 Å². The molecule has 2 amide bonds. The zero-order valence-corrected chi connectivity index (χ0v) is 21.6. The molecule has 5 heteroatoms. The maximum atomic E-state index is 13.8. The molecule has 1 aromatic heterocycles. The van der Waals surface area contributed by atoms with Gasteiger partial charge in [0.2, 0.25) is 5.91 Å².